The minimum absolute atomic E-state index is 0.147. The van der Waals surface area contributed by atoms with Crippen molar-refractivity contribution >= 4 is 41.2 Å². The van der Waals surface area contributed by atoms with Crippen molar-refractivity contribution < 1.29 is 32.5 Å². The standard InChI is InChI=1S/C25H26F3N3O4SSi/c1-37(2,3)13-12-34-15-31-21-20(14-29-31)36-23(22(21)32)24(33)30-17-6-10-19(11-7-17)35-18-8-4-16(5-9-18)25(26,27)28/h4-11,14,32H,12-13,15H2,1-3H3,(H,30,33). The van der Waals surface area contributed by atoms with Gasteiger partial charge in [0.2, 0.25) is 0 Å². The van der Waals surface area contributed by atoms with Crippen LogP contribution in [0, 0.1) is 0 Å². The number of hydrogen-bond donors (Lipinski definition) is 2. The Balaban J connectivity index is 1.38. The van der Waals surface area contributed by atoms with Gasteiger partial charge in [0.05, 0.1) is 16.5 Å². The SMILES string of the molecule is C[Si](C)(C)CCOCn1ncc2sc(C(=O)Nc3ccc(Oc4ccc(C(F)(F)F)cc4)cc3)c(O)c21. The van der Waals surface area contributed by atoms with Crippen LogP contribution < -0.4 is 10.1 Å². The average molecular weight is 550 g/mol. The lowest BCUT2D eigenvalue weighted by Crippen LogP contribution is -2.22. The Morgan fingerprint density at radius 1 is 1.08 bits per heavy atom. The maximum Gasteiger partial charge on any atom is 0.416 e. The zero-order valence-electron chi connectivity index (χ0n) is 20.4. The molecule has 2 N–H and O–H groups in total. The third-order valence-electron chi connectivity index (χ3n) is 5.40. The highest BCUT2D eigenvalue weighted by molar-refractivity contribution is 7.21. The van der Waals surface area contributed by atoms with Crippen molar-refractivity contribution in [3.8, 4) is 17.2 Å². The lowest BCUT2D eigenvalue weighted by Gasteiger charge is -2.15. The molecule has 2 aromatic carbocycles. The summed E-state index contributed by atoms with van der Waals surface area (Å²) in [4.78, 5) is 13.0. The highest BCUT2D eigenvalue weighted by Gasteiger charge is 2.30. The fraction of sp³-hybridized carbons (Fsp3) is 0.280. The molecule has 0 saturated heterocycles. The molecule has 0 aliphatic carbocycles. The van der Waals surface area contributed by atoms with Gasteiger partial charge in [-0.3, -0.25) is 4.79 Å². The van der Waals surface area contributed by atoms with Crippen LogP contribution in [0.25, 0.3) is 10.2 Å². The van der Waals surface area contributed by atoms with Crippen LogP contribution in [0.15, 0.2) is 54.7 Å². The number of ether oxygens (including phenoxy) is 2. The van der Waals surface area contributed by atoms with E-state index in [0.29, 0.717) is 28.3 Å². The van der Waals surface area contributed by atoms with E-state index in [2.05, 4.69) is 30.1 Å². The molecule has 0 unspecified atom stereocenters. The second kappa shape index (κ2) is 10.6. The number of rotatable bonds is 9. The topological polar surface area (TPSA) is 85.6 Å². The number of aromatic hydroxyl groups is 1. The Labute approximate surface area is 216 Å². The number of aromatic nitrogens is 2. The molecule has 0 atom stereocenters. The lowest BCUT2D eigenvalue weighted by atomic mass is 10.2. The van der Waals surface area contributed by atoms with Crippen LogP contribution in [0.1, 0.15) is 15.2 Å². The number of nitrogens with one attached hydrogen (secondary N) is 1. The number of halogens is 3. The van der Waals surface area contributed by atoms with Crippen LogP contribution in [0.5, 0.6) is 17.2 Å². The summed E-state index contributed by atoms with van der Waals surface area (Å²) in [6.45, 7) is 7.57. The van der Waals surface area contributed by atoms with E-state index in [1.807, 2.05) is 0 Å². The monoisotopic (exact) mass is 549 g/mol. The summed E-state index contributed by atoms with van der Waals surface area (Å²) in [6.07, 6.45) is -2.83. The Kier molecular flexibility index (Phi) is 7.62. The number of amides is 1. The minimum atomic E-state index is -4.41. The first-order valence-electron chi connectivity index (χ1n) is 11.4. The van der Waals surface area contributed by atoms with Gasteiger partial charge in [-0.2, -0.15) is 18.3 Å². The number of nitrogens with zero attached hydrogens (tertiary/aromatic N) is 2. The highest BCUT2D eigenvalue weighted by atomic mass is 32.1. The van der Waals surface area contributed by atoms with E-state index in [1.54, 1.807) is 30.5 Å². The summed E-state index contributed by atoms with van der Waals surface area (Å²) in [5.74, 6) is -0.0115. The zero-order chi connectivity index (χ0) is 26.8. The molecule has 2 heterocycles. The van der Waals surface area contributed by atoms with Gasteiger partial charge in [-0.15, -0.1) is 11.3 Å². The van der Waals surface area contributed by atoms with Gasteiger partial charge in [0.25, 0.3) is 5.91 Å². The van der Waals surface area contributed by atoms with Gasteiger partial charge in [-0.25, -0.2) is 4.68 Å². The van der Waals surface area contributed by atoms with Gasteiger partial charge < -0.3 is 19.9 Å². The predicted molar refractivity (Wildman–Crippen MR) is 139 cm³/mol. The molecule has 196 valence electrons. The van der Waals surface area contributed by atoms with Crippen molar-refractivity contribution in [1.29, 1.82) is 0 Å². The summed E-state index contributed by atoms with van der Waals surface area (Å²) < 4.78 is 51.6. The Morgan fingerprint density at radius 2 is 1.70 bits per heavy atom. The number of carbonyl (C=O) groups excluding carboxylic acids is 1. The molecule has 0 saturated carbocycles. The van der Waals surface area contributed by atoms with Crippen LogP contribution in [0.2, 0.25) is 25.7 Å². The Morgan fingerprint density at radius 3 is 2.30 bits per heavy atom. The molecule has 0 aliphatic rings. The summed E-state index contributed by atoms with van der Waals surface area (Å²) in [5, 5.41) is 17.7. The molecule has 0 aliphatic heterocycles. The van der Waals surface area contributed by atoms with E-state index in [4.69, 9.17) is 9.47 Å². The highest BCUT2D eigenvalue weighted by Crippen LogP contribution is 2.37. The van der Waals surface area contributed by atoms with E-state index in [1.165, 1.54) is 16.8 Å². The van der Waals surface area contributed by atoms with E-state index in [0.717, 1.165) is 29.5 Å². The van der Waals surface area contributed by atoms with Crippen molar-refractivity contribution in [2.24, 2.45) is 0 Å². The van der Waals surface area contributed by atoms with Gasteiger partial charge >= 0.3 is 6.18 Å². The molecule has 7 nitrogen and oxygen atoms in total. The van der Waals surface area contributed by atoms with Gasteiger partial charge in [-0.05, 0) is 54.6 Å². The molecule has 1 amide bonds. The predicted octanol–water partition coefficient (Wildman–Crippen LogP) is 7.18. The number of alkyl halides is 3. The van der Waals surface area contributed by atoms with Crippen LogP contribution in [0.4, 0.5) is 18.9 Å². The van der Waals surface area contributed by atoms with E-state index >= 15 is 0 Å². The van der Waals surface area contributed by atoms with Crippen molar-refractivity contribution in [2.75, 3.05) is 11.9 Å². The fourth-order valence-corrected chi connectivity index (χ4v) is 5.08. The van der Waals surface area contributed by atoms with E-state index in [-0.39, 0.29) is 23.1 Å². The van der Waals surface area contributed by atoms with Crippen molar-refractivity contribution in [3.63, 3.8) is 0 Å². The third kappa shape index (κ3) is 6.70. The normalized spacial score (nSPS) is 12.2. The maximum atomic E-state index is 12.8. The first kappa shape index (κ1) is 26.7. The molecule has 0 bridgehead atoms. The van der Waals surface area contributed by atoms with Crippen LogP contribution >= 0.6 is 11.3 Å². The molecule has 2 aromatic heterocycles. The maximum absolute atomic E-state index is 12.8. The second-order valence-corrected chi connectivity index (χ2v) is 16.3. The van der Waals surface area contributed by atoms with Crippen molar-refractivity contribution in [1.82, 2.24) is 9.78 Å². The van der Waals surface area contributed by atoms with Gasteiger partial charge in [0.15, 0.2) is 5.75 Å². The molecule has 12 heteroatoms. The largest absolute Gasteiger partial charge is 0.504 e. The summed E-state index contributed by atoms with van der Waals surface area (Å²) in [6, 6.07) is 11.7. The summed E-state index contributed by atoms with van der Waals surface area (Å²) in [7, 11) is -1.22. The first-order valence-corrected chi connectivity index (χ1v) is 15.9. The number of benzene rings is 2. The minimum Gasteiger partial charge on any atom is -0.504 e. The van der Waals surface area contributed by atoms with Gasteiger partial charge in [-0.1, -0.05) is 19.6 Å². The number of fused-ring (bicyclic) bond motifs is 1. The van der Waals surface area contributed by atoms with Gasteiger partial charge in [0.1, 0.15) is 28.6 Å². The second-order valence-electron chi connectivity index (χ2n) is 9.59. The molecule has 4 aromatic rings. The fourth-order valence-electron chi connectivity index (χ4n) is 3.37. The molecule has 0 spiro atoms. The lowest BCUT2D eigenvalue weighted by molar-refractivity contribution is -0.137. The van der Waals surface area contributed by atoms with E-state index in [9.17, 15) is 23.1 Å². The molecule has 4 rings (SSSR count). The van der Waals surface area contributed by atoms with Crippen molar-refractivity contribution in [3.05, 3.63) is 65.2 Å². The zero-order valence-corrected chi connectivity index (χ0v) is 22.2. The van der Waals surface area contributed by atoms with Crippen LogP contribution in [0.3, 0.4) is 0 Å². The Bertz CT molecular complexity index is 1380. The van der Waals surface area contributed by atoms with E-state index < -0.39 is 25.7 Å². The summed E-state index contributed by atoms with van der Waals surface area (Å²) >= 11 is 1.12. The summed E-state index contributed by atoms with van der Waals surface area (Å²) in [5.41, 5.74) is 0.144. The Hall–Kier alpha value is -3.35. The van der Waals surface area contributed by atoms with Crippen LogP contribution in [-0.4, -0.2) is 35.5 Å². The first-order chi connectivity index (χ1) is 17.4. The number of thiophene rings is 1. The quantitative estimate of drug-likeness (QED) is 0.171. The number of carbonyl (C=O) groups is 1. The smallest absolute Gasteiger partial charge is 0.416 e. The molecule has 0 radical (unpaired) electrons. The average Bonchev–Trinajstić information content (AvgIpc) is 3.37. The third-order valence-corrected chi connectivity index (χ3v) is 8.21. The molecular formula is C25H26F3N3O4SSi. The molecular weight excluding hydrogens is 523 g/mol. The molecule has 0 fully saturated rings. The van der Waals surface area contributed by atoms with Crippen LogP contribution in [-0.2, 0) is 17.6 Å². The molecule has 37 heavy (non-hydrogen) atoms. The van der Waals surface area contributed by atoms with Gasteiger partial charge in [0, 0.05) is 20.4 Å². The number of anilines is 1. The number of hydrogen-bond acceptors (Lipinski definition) is 6. The van der Waals surface area contributed by atoms with Crippen molar-refractivity contribution in [2.45, 2.75) is 38.6 Å².